The number of benzene rings is 7. The molecule has 2 aliphatic carbocycles. The lowest BCUT2D eigenvalue weighted by Crippen LogP contribution is -2.24. The van der Waals surface area contributed by atoms with Gasteiger partial charge < -0.3 is 18.9 Å². The van der Waals surface area contributed by atoms with E-state index in [0.29, 0.717) is 48.3 Å². The largest absolute Gasteiger partial charge is 0.495 e. The first-order valence-electron chi connectivity index (χ1n) is 19.8. The predicted octanol–water partition coefficient (Wildman–Crippen LogP) is 11.8. The molecule has 0 saturated heterocycles. The maximum absolute atomic E-state index is 14.3. The van der Waals surface area contributed by atoms with E-state index in [1.807, 2.05) is 60.7 Å². The van der Waals surface area contributed by atoms with Crippen molar-refractivity contribution in [3.8, 4) is 78.3 Å². The Labute approximate surface area is 347 Å². The van der Waals surface area contributed by atoms with Crippen molar-refractivity contribution < 1.29 is 37.3 Å². The number of hydrogen-bond acceptors (Lipinski definition) is 6. The van der Waals surface area contributed by atoms with Crippen molar-refractivity contribution in [1.82, 2.24) is 0 Å². The van der Waals surface area contributed by atoms with E-state index in [0.717, 1.165) is 77.9 Å². The van der Waals surface area contributed by atoms with Crippen molar-refractivity contribution in [3.63, 3.8) is 0 Å². The number of fused-ring (bicyclic) bond motifs is 7. The lowest BCUT2D eigenvalue weighted by Gasteiger charge is -2.35. The third-order valence-corrected chi connectivity index (χ3v) is 11.8. The molecule has 9 rings (SSSR count). The zero-order valence-corrected chi connectivity index (χ0v) is 33.6. The van der Waals surface area contributed by atoms with Gasteiger partial charge in [0, 0.05) is 22.3 Å². The average molecular weight is 799 g/mol. The minimum atomic E-state index is -0.632. The number of rotatable bonds is 8. The lowest BCUT2D eigenvalue weighted by atomic mass is 9.68. The highest BCUT2D eigenvalue weighted by molar-refractivity contribution is 6.14. The summed E-state index contributed by atoms with van der Waals surface area (Å²) in [5.41, 5.74) is 13.5. The molecule has 6 nitrogen and oxygen atoms in total. The van der Waals surface area contributed by atoms with E-state index >= 15 is 0 Å². The van der Waals surface area contributed by atoms with E-state index < -0.39 is 11.9 Å². The van der Waals surface area contributed by atoms with E-state index in [9.17, 15) is 18.4 Å². The summed E-state index contributed by atoms with van der Waals surface area (Å²) in [6, 6.07) is 36.8. The number of halogens is 2. The summed E-state index contributed by atoms with van der Waals surface area (Å²) in [5.74, 6) is -0.800. The Hall–Kier alpha value is -7.06. The molecule has 7 aromatic carbocycles. The average Bonchev–Trinajstić information content (AvgIpc) is 3.29. The molecule has 0 unspecified atom stereocenters. The highest BCUT2D eigenvalue weighted by atomic mass is 19.1. The number of aryl methyl sites for hydroxylation is 2. The van der Waals surface area contributed by atoms with E-state index in [1.165, 1.54) is 38.5 Å². The van der Waals surface area contributed by atoms with Gasteiger partial charge in [-0.25, -0.2) is 18.4 Å². The van der Waals surface area contributed by atoms with Gasteiger partial charge in [0.25, 0.3) is 0 Å². The van der Waals surface area contributed by atoms with Crippen LogP contribution in [0.4, 0.5) is 8.78 Å². The van der Waals surface area contributed by atoms with Gasteiger partial charge in [-0.1, -0.05) is 84.9 Å². The molecule has 0 aliphatic heterocycles. The molecule has 0 saturated carbocycles. The van der Waals surface area contributed by atoms with Crippen LogP contribution in [0.2, 0.25) is 0 Å². The number of ether oxygens (including phenoxy) is 4. The van der Waals surface area contributed by atoms with Crippen LogP contribution in [0.15, 0.2) is 121 Å². The summed E-state index contributed by atoms with van der Waals surface area (Å²) in [4.78, 5) is 28.4. The van der Waals surface area contributed by atoms with Gasteiger partial charge in [0.2, 0.25) is 0 Å². The molecule has 0 N–H and O–H groups in total. The lowest BCUT2D eigenvalue weighted by molar-refractivity contribution is 0.0553. The number of carbonyl (C=O) groups excluding carboxylic acids is 2. The molecule has 0 radical (unpaired) electrons. The minimum absolute atomic E-state index is 0.184. The van der Waals surface area contributed by atoms with Crippen LogP contribution in [0.3, 0.4) is 0 Å². The molecule has 2 aliphatic rings. The van der Waals surface area contributed by atoms with Gasteiger partial charge in [-0.2, -0.15) is 0 Å². The Kier molecular flexibility index (Phi) is 10.0. The Morgan fingerprint density at radius 1 is 0.433 bits per heavy atom. The summed E-state index contributed by atoms with van der Waals surface area (Å²) in [6.07, 6.45) is 1.81. The zero-order chi connectivity index (χ0) is 41.7. The second-order valence-electron chi connectivity index (χ2n) is 14.9. The van der Waals surface area contributed by atoms with Crippen LogP contribution in [0.5, 0.6) is 11.5 Å². The summed E-state index contributed by atoms with van der Waals surface area (Å²) in [6.45, 7) is 0. The van der Waals surface area contributed by atoms with Crippen molar-refractivity contribution in [2.45, 2.75) is 25.7 Å². The van der Waals surface area contributed by atoms with E-state index in [2.05, 4.69) is 12.1 Å². The fraction of sp³-hybridized carbons (Fsp3) is 0.154. The first-order chi connectivity index (χ1) is 29.3. The van der Waals surface area contributed by atoms with Crippen molar-refractivity contribution >= 4 is 11.9 Å². The van der Waals surface area contributed by atoms with Crippen LogP contribution >= 0.6 is 0 Å². The Balaban J connectivity index is 1.51. The van der Waals surface area contributed by atoms with Gasteiger partial charge in [-0.05, 0) is 129 Å². The smallest absolute Gasteiger partial charge is 0.339 e. The molecule has 0 fully saturated rings. The van der Waals surface area contributed by atoms with Crippen LogP contribution < -0.4 is 9.47 Å². The number of esters is 2. The third kappa shape index (κ3) is 6.22. The molecule has 0 bridgehead atoms. The second kappa shape index (κ2) is 15.6. The first-order valence-corrected chi connectivity index (χ1v) is 19.8. The number of hydrogen-bond donors (Lipinski definition) is 0. The number of carbonyl (C=O) groups is 2. The fourth-order valence-corrected chi connectivity index (χ4v) is 9.36. The van der Waals surface area contributed by atoms with E-state index in [-0.39, 0.29) is 22.8 Å². The second-order valence-corrected chi connectivity index (χ2v) is 14.9. The third-order valence-electron chi connectivity index (χ3n) is 11.8. The van der Waals surface area contributed by atoms with Gasteiger partial charge in [0.15, 0.2) is 0 Å². The van der Waals surface area contributed by atoms with Crippen LogP contribution in [0.1, 0.15) is 43.0 Å². The van der Waals surface area contributed by atoms with E-state index in [4.69, 9.17) is 18.9 Å². The first kappa shape index (κ1) is 38.5. The molecular formula is C52H40F2O6. The number of methoxy groups -OCH3 is 4. The van der Waals surface area contributed by atoms with Crippen molar-refractivity contribution in [2.24, 2.45) is 0 Å². The summed E-state index contributed by atoms with van der Waals surface area (Å²) in [5, 5.41) is 0. The van der Waals surface area contributed by atoms with Gasteiger partial charge >= 0.3 is 11.9 Å². The molecular weight excluding hydrogens is 759 g/mol. The molecule has 0 atom stereocenters. The molecule has 0 heterocycles. The van der Waals surface area contributed by atoms with Crippen LogP contribution in [0, 0.1) is 11.6 Å². The molecule has 0 aromatic heterocycles. The highest BCUT2D eigenvalue weighted by Crippen LogP contribution is 2.58. The van der Waals surface area contributed by atoms with Crippen LogP contribution in [0.25, 0.3) is 66.8 Å². The predicted molar refractivity (Wildman–Crippen MR) is 230 cm³/mol. The van der Waals surface area contributed by atoms with E-state index in [1.54, 1.807) is 38.5 Å². The normalized spacial score (nSPS) is 12.4. The van der Waals surface area contributed by atoms with Gasteiger partial charge in [-0.3, -0.25) is 0 Å². The molecule has 7 aromatic rings. The fourth-order valence-electron chi connectivity index (χ4n) is 9.36. The Morgan fingerprint density at radius 3 is 1.13 bits per heavy atom. The highest BCUT2D eigenvalue weighted by Gasteiger charge is 2.40. The van der Waals surface area contributed by atoms with Crippen LogP contribution in [-0.4, -0.2) is 40.4 Å². The molecule has 0 spiro atoms. The summed E-state index contributed by atoms with van der Waals surface area (Å²) >= 11 is 0. The Morgan fingerprint density at radius 2 is 0.800 bits per heavy atom. The topological polar surface area (TPSA) is 71.1 Å². The Bertz CT molecular complexity index is 2640. The maximum atomic E-state index is 14.3. The quantitative estimate of drug-likeness (QED) is 0.143. The minimum Gasteiger partial charge on any atom is -0.495 e. The van der Waals surface area contributed by atoms with Crippen molar-refractivity contribution in [2.75, 3.05) is 28.4 Å². The summed E-state index contributed by atoms with van der Waals surface area (Å²) in [7, 11) is 5.91. The van der Waals surface area contributed by atoms with Gasteiger partial charge in [0.05, 0.1) is 39.6 Å². The van der Waals surface area contributed by atoms with Crippen molar-refractivity contribution in [1.29, 1.82) is 0 Å². The van der Waals surface area contributed by atoms with Crippen molar-refractivity contribution in [3.05, 3.63) is 166 Å². The van der Waals surface area contributed by atoms with Crippen LogP contribution in [-0.2, 0) is 35.2 Å². The zero-order valence-electron chi connectivity index (χ0n) is 33.6. The van der Waals surface area contributed by atoms with Gasteiger partial charge in [0.1, 0.15) is 23.1 Å². The van der Waals surface area contributed by atoms with Gasteiger partial charge in [-0.15, -0.1) is 0 Å². The summed E-state index contributed by atoms with van der Waals surface area (Å²) < 4.78 is 52.4. The molecule has 8 heteroatoms. The molecule has 298 valence electrons. The SMILES string of the molecule is COC(=O)c1c2c(c3c(c1C(=O)OC)CCc1cc(-c4ccc(F)cc4)c(OC)c(-c4ccccc4)c1-3)-c1c(cc(-c3ccc(F)cc3)c(OC)c1-c1ccccc1)CC2. The standard InChI is InChI=1S/C52H40F2O6/c1-57-49-39(29-15-21-35(53)22-16-29)27-33-19-25-37-45(41(33)43(49)31-11-7-5-8-12-31)46-38(48(52(56)60-4)47(37)51(55)59-3)26-20-34-28-40(30-17-23-36(54)24-18-30)50(58-2)44(42(34)46)32-13-9-6-10-14-32/h5-18,21-24,27-28H,19-20,25-26H2,1-4H3. The molecule has 0 amide bonds. The monoisotopic (exact) mass is 798 g/mol. The maximum Gasteiger partial charge on any atom is 0.339 e. The molecule has 60 heavy (non-hydrogen) atoms.